The van der Waals surface area contributed by atoms with Crippen LogP contribution in [0.25, 0.3) is 6.08 Å². The highest BCUT2D eigenvalue weighted by Crippen LogP contribution is 2.29. The third kappa shape index (κ3) is 2.97. The number of sulfone groups is 1. The zero-order valence-electron chi connectivity index (χ0n) is 12.3. The summed E-state index contributed by atoms with van der Waals surface area (Å²) in [5.74, 6) is -0.772. The number of amidine groups is 2. The van der Waals surface area contributed by atoms with Gasteiger partial charge >= 0.3 is 0 Å². The van der Waals surface area contributed by atoms with Crippen LogP contribution in [0.3, 0.4) is 0 Å². The van der Waals surface area contributed by atoms with E-state index in [-0.39, 0.29) is 21.0 Å². The van der Waals surface area contributed by atoms with Gasteiger partial charge in [0.1, 0.15) is 0 Å². The Hall–Kier alpha value is -2.26. The monoisotopic (exact) mass is 348 g/mol. The lowest BCUT2D eigenvalue weighted by Gasteiger charge is -2.20. The van der Waals surface area contributed by atoms with Crippen LogP contribution in [0.2, 0.25) is 0 Å². The molecule has 2 heterocycles. The van der Waals surface area contributed by atoms with Gasteiger partial charge in [-0.05, 0) is 30.3 Å². The van der Waals surface area contributed by atoms with E-state index in [9.17, 15) is 13.2 Å². The maximum Gasteiger partial charge on any atom is 0.283 e. The van der Waals surface area contributed by atoms with E-state index in [0.717, 1.165) is 34.2 Å². The number of nitrogens with one attached hydrogen (secondary N) is 1. The number of hydrogen-bond donors (Lipinski definition) is 1. The molecule has 1 aromatic rings. The van der Waals surface area contributed by atoms with Crippen LogP contribution in [0.5, 0.6) is 0 Å². The summed E-state index contributed by atoms with van der Waals surface area (Å²) in [5.41, 5.74) is 1.90. The number of nitrogens with zero attached hydrogens (tertiary/aromatic N) is 3. The summed E-state index contributed by atoms with van der Waals surface area (Å²) in [6, 6.07) is 7.44. The van der Waals surface area contributed by atoms with E-state index in [1.807, 2.05) is 31.2 Å². The summed E-state index contributed by atoms with van der Waals surface area (Å²) in [6.45, 7) is 1.95. The van der Waals surface area contributed by atoms with E-state index in [4.69, 9.17) is 5.41 Å². The molecule has 1 N–H and O–H groups in total. The molecule has 0 atom stereocenters. The maximum absolute atomic E-state index is 12.1. The summed E-state index contributed by atoms with van der Waals surface area (Å²) in [4.78, 5) is 16.0. The Morgan fingerprint density at radius 2 is 1.91 bits per heavy atom. The average molecular weight is 348 g/mol. The molecule has 9 heteroatoms. The third-order valence-corrected chi connectivity index (χ3v) is 5.72. The van der Waals surface area contributed by atoms with Crippen LogP contribution in [0.15, 0.2) is 39.9 Å². The number of hydrazone groups is 1. The Balaban J connectivity index is 2.01. The summed E-state index contributed by atoms with van der Waals surface area (Å²) >= 11 is 0.768. The molecule has 0 bridgehead atoms. The predicted molar refractivity (Wildman–Crippen MR) is 91.0 cm³/mol. The summed E-state index contributed by atoms with van der Waals surface area (Å²) < 4.78 is 23.0. The van der Waals surface area contributed by atoms with Crippen molar-refractivity contribution in [2.75, 3.05) is 6.26 Å². The SMILES string of the molecule is Cc1ccc(/C=C2/C(=N)N3N=C(S(C)(=O)=O)SC3=NC2=O)cc1. The number of rotatable bonds is 1. The van der Waals surface area contributed by atoms with Gasteiger partial charge in [-0.2, -0.15) is 10.0 Å². The number of benzene rings is 1. The van der Waals surface area contributed by atoms with Gasteiger partial charge in [0.15, 0.2) is 5.84 Å². The number of thioether (sulfide) groups is 1. The molecule has 1 aromatic carbocycles. The van der Waals surface area contributed by atoms with E-state index in [1.54, 1.807) is 6.08 Å². The molecule has 3 rings (SSSR count). The van der Waals surface area contributed by atoms with Gasteiger partial charge < -0.3 is 0 Å². The summed E-state index contributed by atoms with van der Waals surface area (Å²) in [6.07, 6.45) is 2.56. The molecular formula is C14H12N4O3S2. The van der Waals surface area contributed by atoms with Crippen molar-refractivity contribution in [1.29, 1.82) is 5.41 Å². The zero-order valence-corrected chi connectivity index (χ0v) is 13.9. The Bertz CT molecular complexity index is 912. The Morgan fingerprint density at radius 1 is 1.26 bits per heavy atom. The number of carbonyl (C=O) groups excluding carboxylic acids is 1. The van der Waals surface area contributed by atoms with Gasteiger partial charge in [0.2, 0.25) is 19.4 Å². The van der Waals surface area contributed by atoms with Gasteiger partial charge in [-0.15, -0.1) is 5.10 Å². The molecule has 0 aromatic heterocycles. The molecule has 2 aliphatic heterocycles. The van der Waals surface area contributed by atoms with Crippen LogP contribution in [0.1, 0.15) is 11.1 Å². The number of aliphatic imine (C=N–C) groups is 1. The van der Waals surface area contributed by atoms with E-state index in [2.05, 4.69) is 10.1 Å². The minimum atomic E-state index is -3.52. The van der Waals surface area contributed by atoms with Crippen molar-refractivity contribution in [3.63, 3.8) is 0 Å². The summed E-state index contributed by atoms with van der Waals surface area (Å²) in [7, 11) is -3.52. The number of amides is 1. The quantitative estimate of drug-likeness (QED) is 0.777. The van der Waals surface area contributed by atoms with Gasteiger partial charge in [0.05, 0.1) is 5.57 Å². The molecule has 7 nitrogen and oxygen atoms in total. The predicted octanol–water partition coefficient (Wildman–Crippen LogP) is 1.62. The largest absolute Gasteiger partial charge is 0.283 e. The molecule has 118 valence electrons. The fourth-order valence-electron chi connectivity index (χ4n) is 1.95. The first-order chi connectivity index (χ1) is 10.8. The first-order valence-electron chi connectivity index (χ1n) is 6.52. The van der Waals surface area contributed by atoms with Crippen molar-refractivity contribution in [2.45, 2.75) is 6.92 Å². The second-order valence-corrected chi connectivity index (χ2v) is 8.21. The van der Waals surface area contributed by atoms with Crippen LogP contribution in [-0.4, -0.2) is 41.0 Å². The normalized spacial score (nSPS) is 19.7. The topological polar surface area (TPSA) is 103 Å². The molecule has 0 fully saturated rings. The summed E-state index contributed by atoms with van der Waals surface area (Å²) in [5, 5.41) is 13.2. The second-order valence-electron chi connectivity index (χ2n) is 5.07. The van der Waals surface area contributed by atoms with Gasteiger partial charge in [-0.25, -0.2) is 8.42 Å². The lowest BCUT2D eigenvalue weighted by atomic mass is 10.1. The van der Waals surface area contributed by atoms with Crippen molar-refractivity contribution in [3.05, 3.63) is 41.0 Å². The minimum absolute atomic E-state index is 0.0664. The lowest BCUT2D eigenvalue weighted by Crippen LogP contribution is -2.35. The molecule has 0 unspecified atom stereocenters. The van der Waals surface area contributed by atoms with Gasteiger partial charge in [0, 0.05) is 6.26 Å². The third-order valence-electron chi connectivity index (χ3n) is 3.14. The molecule has 0 radical (unpaired) electrons. The number of hydrogen-bond acceptors (Lipinski definition) is 6. The smallest absolute Gasteiger partial charge is 0.282 e. The Kier molecular flexibility index (Phi) is 3.69. The average Bonchev–Trinajstić information content (AvgIpc) is 2.89. The van der Waals surface area contributed by atoms with Gasteiger partial charge in [0.25, 0.3) is 5.91 Å². The minimum Gasteiger partial charge on any atom is -0.282 e. The van der Waals surface area contributed by atoms with Crippen molar-refractivity contribution >= 4 is 49.0 Å². The van der Waals surface area contributed by atoms with Crippen molar-refractivity contribution in [3.8, 4) is 0 Å². The van der Waals surface area contributed by atoms with Crippen LogP contribution in [-0.2, 0) is 14.6 Å². The first-order valence-corrected chi connectivity index (χ1v) is 9.23. The highest BCUT2D eigenvalue weighted by atomic mass is 32.3. The van der Waals surface area contributed by atoms with Crippen LogP contribution >= 0.6 is 11.8 Å². The standard InChI is InChI=1S/C14H12N4O3S2/c1-8-3-5-9(6-4-8)7-10-11(15)18-13(16-12(10)19)22-14(17-18)23(2,20)21/h3-7,15H,1-2H3/b10-7-,15-11?. The second kappa shape index (κ2) is 5.43. The molecule has 1 amide bonds. The number of fused-ring (bicyclic) bond motifs is 1. The van der Waals surface area contributed by atoms with Gasteiger partial charge in [-0.3, -0.25) is 10.2 Å². The molecule has 0 saturated carbocycles. The van der Waals surface area contributed by atoms with E-state index < -0.39 is 15.7 Å². The van der Waals surface area contributed by atoms with Crippen LogP contribution < -0.4 is 0 Å². The fraction of sp³-hybridized carbons (Fsp3) is 0.143. The van der Waals surface area contributed by atoms with Crippen molar-refractivity contribution in [2.24, 2.45) is 10.1 Å². The van der Waals surface area contributed by atoms with E-state index in [1.165, 1.54) is 0 Å². The molecule has 0 aliphatic carbocycles. The molecule has 0 spiro atoms. The Morgan fingerprint density at radius 3 is 2.52 bits per heavy atom. The van der Waals surface area contributed by atoms with Crippen LogP contribution in [0, 0.1) is 12.3 Å². The van der Waals surface area contributed by atoms with Crippen molar-refractivity contribution < 1.29 is 13.2 Å². The number of aryl methyl sites for hydroxylation is 1. The zero-order chi connectivity index (χ0) is 16.8. The molecule has 23 heavy (non-hydrogen) atoms. The van der Waals surface area contributed by atoms with Crippen molar-refractivity contribution in [1.82, 2.24) is 5.01 Å². The van der Waals surface area contributed by atoms with Gasteiger partial charge in [-0.1, -0.05) is 29.8 Å². The fourth-order valence-corrected chi connectivity index (χ4v) is 3.64. The van der Waals surface area contributed by atoms with E-state index in [0.29, 0.717) is 0 Å². The van der Waals surface area contributed by atoms with E-state index >= 15 is 0 Å². The molecule has 2 aliphatic rings. The Labute approximate surface area is 137 Å². The highest BCUT2D eigenvalue weighted by molar-refractivity contribution is 8.42. The molecule has 0 saturated heterocycles. The highest BCUT2D eigenvalue weighted by Gasteiger charge is 2.38. The number of carbonyl (C=O) groups is 1. The first kappa shape index (κ1) is 15.6. The lowest BCUT2D eigenvalue weighted by molar-refractivity contribution is -0.114. The maximum atomic E-state index is 12.1. The molecular weight excluding hydrogens is 336 g/mol. The van der Waals surface area contributed by atoms with Crippen LogP contribution in [0.4, 0.5) is 0 Å².